The van der Waals surface area contributed by atoms with Gasteiger partial charge in [0.15, 0.2) is 0 Å². The number of benzene rings is 1. The van der Waals surface area contributed by atoms with E-state index < -0.39 is 74.3 Å². The zero-order valence-electron chi connectivity index (χ0n) is 24.2. The fraction of sp³-hybridized carbons (Fsp3) is 0.625. The molecule has 0 N–H and O–H groups in total. The Morgan fingerprint density at radius 2 is 2.05 bits per heavy atom. The van der Waals surface area contributed by atoms with Gasteiger partial charge in [0.05, 0.1) is 33.7 Å². The van der Waals surface area contributed by atoms with E-state index in [-0.39, 0.29) is 10.4 Å². The molecule has 0 amide bonds. The van der Waals surface area contributed by atoms with E-state index >= 15 is 0 Å². The van der Waals surface area contributed by atoms with Crippen LogP contribution < -0.4 is 10.4 Å². The van der Waals surface area contributed by atoms with Crippen LogP contribution >= 0.6 is 0 Å². The van der Waals surface area contributed by atoms with Crippen molar-refractivity contribution in [3.05, 3.63) is 24.2 Å². The Hall–Kier alpha value is -1.04. The first-order valence-corrected chi connectivity index (χ1v) is 6.50. The molecule has 0 atom stereocenters. The molecule has 1 aromatic carbocycles. The molecular weight excluding hydrogens is 265 g/mol. The van der Waals surface area contributed by atoms with E-state index in [0.29, 0.717) is 0 Å². The Kier molecular flexibility index (Phi) is 1.48. The van der Waals surface area contributed by atoms with Crippen molar-refractivity contribution in [1.29, 1.82) is 0 Å². The van der Waals surface area contributed by atoms with Gasteiger partial charge < -0.3 is 18.9 Å². The van der Waals surface area contributed by atoms with Gasteiger partial charge in [0, 0.05) is 25.7 Å². The highest BCUT2D eigenvalue weighted by molar-refractivity contribution is 6.62. The van der Waals surface area contributed by atoms with Crippen LogP contribution in [0.1, 0.15) is 44.1 Å². The second-order valence-corrected chi connectivity index (χ2v) is 5.84. The molecule has 114 valence electrons. The molecule has 21 heavy (non-hydrogen) atoms. The number of hydrogen-bond acceptors (Lipinski definition) is 4. The summed E-state index contributed by atoms with van der Waals surface area (Å²) in [5, 5.41) is 0. The van der Waals surface area contributed by atoms with E-state index in [0.717, 1.165) is 0 Å². The smallest absolute Gasteiger partial charge is 0.399 e. The first-order valence-electron chi connectivity index (χ1n) is 12.5. The molecule has 3 rings (SSSR count). The molecule has 0 aromatic heterocycles. The van der Waals surface area contributed by atoms with Crippen molar-refractivity contribution in [3.63, 3.8) is 0 Å². The molecule has 0 aliphatic carbocycles. The maximum atomic E-state index is 8.61. The Labute approximate surface area is 144 Å². The Morgan fingerprint density at radius 3 is 2.67 bits per heavy atom. The lowest BCUT2D eigenvalue weighted by Gasteiger charge is -2.40. The topological polar surface area (TPSA) is 30.9 Å². The zero-order chi connectivity index (χ0) is 25.7. The van der Waals surface area contributed by atoms with E-state index in [1.165, 1.54) is 0 Å². The first kappa shape index (κ1) is 6.22. The van der Waals surface area contributed by atoms with Crippen molar-refractivity contribution >= 4 is 18.3 Å². The van der Waals surface area contributed by atoms with Crippen LogP contribution in [0.2, 0.25) is 0 Å². The van der Waals surface area contributed by atoms with Gasteiger partial charge in [-0.3, -0.25) is 0 Å². The second-order valence-electron chi connectivity index (χ2n) is 5.84. The van der Waals surface area contributed by atoms with Gasteiger partial charge in [-0.05, 0) is 45.2 Å². The summed E-state index contributed by atoms with van der Waals surface area (Å²) in [5.41, 5.74) is -2.83. The maximum absolute atomic E-state index is 8.61. The van der Waals surface area contributed by atoms with Crippen molar-refractivity contribution in [3.8, 4) is 0 Å². The van der Waals surface area contributed by atoms with Crippen molar-refractivity contribution in [2.45, 2.75) is 45.0 Å². The van der Waals surface area contributed by atoms with Gasteiger partial charge in [-0.2, -0.15) is 0 Å². The number of nitrogens with zero attached hydrogens (tertiary/aromatic N) is 1. The average molecular weight is 301 g/mol. The van der Waals surface area contributed by atoms with Crippen molar-refractivity contribution in [2.75, 3.05) is 24.9 Å². The van der Waals surface area contributed by atoms with Gasteiger partial charge in [0.1, 0.15) is 0 Å². The molecular formula is C16H24BNO3. The van der Waals surface area contributed by atoms with Crippen LogP contribution in [0, 0.1) is 0 Å². The molecule has 4 nitrogen and oxygen atoms in total. The van der Waals surface area contributed by atoms with Gasteiger partial charge in [0.25, 0.3) is 0 Å². The summed E-state index contributed by atoms with van der Waals surface area (Å²) in [5.74, 6) is 0. The molecule has 2 saturated heterocycles. The molecule has 1 aromatic rings. The van der Waals surface area contributed by atoms with E-state index in [9.17, 15) is 0 Å². The van der Waals surface area contributed by atoms with Gasteiger partial charge in [0.2, 0.25) is 0 Å². The highest BCUT2D eigenvalue weighted by Gasteiger charge is 2.51. The minimum Gasteiger partial charge on any atom is -0.399 e. The predicted molar refractivity (Wildman–Crippen MR) is 85.2 cm³/mol. The normalized spacial score (nSPS) is 39.4. The van der Waals surface area contributed by atoms with Crippen LogP contribution in [0.15, 0.2) is 24.2 Å². The van der Waals surface area contributed by atoms with E-state index in [1.54, 1.807) is 27.7 Å². The quantitative estimate of drug-likeness (QED) is 0.797. The molecule has 0 radical (unpaired) electrons. The molecule has 0 bridgehead atoms. The zero-order valence-corrected chi connectivity index (χ0v) is 12.2. The third kappa shape index (κ3) is 2.58. The van der Waals surface area contributed by atoms with Gasteiger partial charge >= 0.3 is 7.12 Å². The molecule has 2 heterocycles. The monoisotopic (exact) mass is 301 g/mol. The number of anilines is 1. The van der Waals surface area contributed by atoms with Crippen LogP contribution in [0.25, 0.3) is 0 Å². The van der Waals surface area contributed by atoms with Crippen LogP contribution in [0.5, 0.6) is 0 Å². The Bertz CT molecular complexity index is 964. The van der Waals surface area contributed by atoms with E-state index in [2.05, 4.69) is 4.74 Å². The summed E-state index contributed by atoms with van der Waals surface area (Å²) in [7, 11) is -4.64. The summed E-state index contributed by atoms with van der Waals surface area (Å²) >= 11 is 0. The third-order valence-electron chi connectivity index (χ3n) is 3.87. The SMILES string of the molecule is [2H]c1c([2H])c(B2OC(C)(C)C(C)(C)O2)c([2H])c(N2C([2H])([2H])C([2H])(OC([2H])([2H])[2H])C2([2H])[2H])c1[2H]. The highest BCUT2D eigenvalue weighted by atomic mass is 16.7. The maximum Gasteiger partial charge on any atom is 0.494 e. The molecule has 0 spiro atoms. The number of rotatable bonds is 3. The standard InChI is InChI=1S/C16H24BNO3/c1-15(2)16(3,4)21-17(20-15)12-7-6-8-13(9-12)18-10-14(11-18)19-5/h6-9,14H,10-11H2,1-5H3/i5D3,6D,7D,8D,9D,10D2,11D2,14D. The number of ether oxygens (including phenoxy) is 1. The summed E-state index contributed by atoms with van der Waals surface area (Å²) in [6.07, 6.45) is -3.24. The molecule has 2 aliphatic rings. The number of hydrogen-bond donors (Lipinski definition) is 0. The Balaban J connectivity index is 2.20. The molecule has 5 heteroatoms. The first-order chi connectivity index (χ1) is 14.5. The molecule has 2 aliphatic heterocycles. The van der Waals surface area contributed by atoms with E-state index in [1.807, 2.05) is 0 Å². The lowest BCUT2D eigenvalue weighted by atomic mass is 9.79. The third-order valence-corrected chi connectivity index (χ3v) is 3.87. The van der Waals surface area contributed by atoms with Crippen molar-refractivity contribution in [1.82, 2.24) is 0 Å². The van der Waals surface area contributed by atoms with Gasteiger partial charge in [-0.15, -0.1) is 0 Å². The average Bonchev–Trinajstić information content (AvgIpc) is 2.81. The fourth-order valence-electron chi connectivity index (χ4n) is 1.90. The summed E-state index contributed by atoms with van der Waals surface area (Å²) in [4.78, 5) is 0.232. The van der Waals surface area contributed by atoms with Crippen molar-refractivity contribution < 1.29 is 30.5 Å². The van der Waals surface area contributed by atoms with Gasteiger partial charge in [-0.1, -0.05) is 12.1 Å². The summed E-state index contributed by atoms with van der Waals surface area (Å²) < 4.78 is 112. The minimum atomic E-state index is -3.30. The summed E-state index contributed by atoms with van der Waals surface area (Å²) in [6.45, 7) is 0.563. The lowest BCUT2D eigenvalue weighted by molar-refractivity contribution is 0.00578. The second kappa shape index (κ2) is 5.01. The van der Waals surface area contributed by atoms with Crippen LogP contribution in [-0.2, 0) is 14.0 Å². The highest BCUT2D eigenvalue weighted by Crippen LogP contribution is 2.36. The molecule has 2 fully saturated rings. The van der Waals surface area contributed by atoms with Crippen LogP contribution in [0.3, 0.4) is 0 Å². The lowest BCUT2D eigenvalue weighted by Crippen LogP contribution is -2.52. The largest absolute Gasteiger partial charge is 0.494 e. The number of methoxy groups -OCH3 is 1. The van der Waals surface area contributed by atoms with E-state index in [4.69, 9.17) is 25.8 Å². The van der Waals surface area contributed by atoms with Crippen molar-refractivity contribution in [2.24, 2.45) is 0 Å². The molecule has 0 unspecified atom stereocenters. The molecule has 0 saturated carbocycles. The predicted octanol–water partition coefficient (Wildman–Crippen LogP) is 1.82. The fourth-order valence-corrected chi connectivity index (χ4v) is 1.90. The minimum absolute atomic E-state index is 0.232. The van der Waals surface area contributed by atoms with Gasteiger partial charge in [-0.25, -0.2) is 0 Å². The Morgan fingerprint density at radius 1 is 1.38 bits per heavy atom. The van der Waals surface area contributed by atoms with Crippen LogP contribution in [0.4, 0.5) is 5.69 Å². The summed E-state index contributed by atoms with van der Waals surface area (Å²) in [6, 6.07) is -2.86. The van der Waals surface area contributed by atoms with Crippen LogP contribution in [-0.4, -0.2) is 44.4 Å².